The lowest BCUT2D eigenvalue weighted by molar-refractivity contribution is -0.139. The van der Waals surface area contributed by atoms with E-state index in [-0.39, 0.29) is 30.2 Å². The fraction of sp³-hybridized carbons (Fsp3) is 0.429. The van der Waals surface area contributed by atoms with Gasteiger partial charge in [-0.05, 0) is 43.8 Å². The number of thiophene rings is 1. The minimum atomic E-state index is -0.747. The standard InChI is InChI=1S/C21H25N5O3S/c1-13(16-6-4-12-30-16)23-19(28)14(2)26-11-9-21(8-7-17(26)27)24-18-15(20(29)25-21)5-3-10-22-18/h3-6,10,12-14H,7-9,11H2,1-2H3,(H,22,24)(H,23,28)(H,25,29). The Hall–Kier alpha value is -2.94. The van der Waals surface area contributed by atoms with Crippen molar-refractivity contribution in [2.75, 3.05) is 11.9 Å². The van der Waals surface area contributed by atoms with Crippen LogP contribution in [0.15, 0.2) is 35.8 Å². The van der Waals surface area contributed by atoms with Crippen LogP contribution in [-0.2, 0) is 9.59 Å². The molecule has 2 aliphatic heterocycles. The predicted molar refractivity (Wildman–Crippen MR) is 114 cm³/mol. The van der Waals surface area contributed by atoms with Gasteiger partial charge < -0.3 is 20.9 Å². The molecule has 158 valence electrons. The van der Waals surface area contributed by atoms with E-state index in [9.17, 15) is 14.4 Å². The monoisotopic (exact) mass is 427 g/mol. The molecule has 2 aromatic heterocycles. The van der Waals surface area contributed by atoms with Gasteiger partial charge in [-0.1, -0.05) is 6.07 Å². The van der Waals surface area contributed by atoms with Crippen molar-refractivity contribution >= 4 is 34.9 Å². The number of anilines is 1. The molecule has 1 fully saturated rings. The fourth-order valence-electron chi connectivity index (χ4n) is 4.00. The Kier molecular flexibility index (Phi) is 5.46. The second-order valence-electron chi connectivity index (χ2n) is 7.82. The molecule has 2 aromatic rings. The molecule has 1 spiro atoms. The number of amides is 3. The molecule has 0 saturated carbocycles. The molecule has 0 radical (unpaired) electrons. The van der Waals surface area contributed by atoms with Crippen LogP contribution < -0.4 is 16.0 Å². The first kappa shape index (κ1) is 20.3. The Morgan fingerprint density at radius 1 is 1.23 bits per heavy atom. The van der Waals surface area contributed by atoms with Crippen molar-refractivity contribution in [3.8, 4) is 0 Å². The second kappa shape index (κ2) is 8.06. The third-order valence-electron chi connectivity index (χ3n) is 5.80. The van der Waals surface area contributed by atoms with E-state index in [4.69, 9.17) is 0 Å². The number of rotatable bonds is 4. The number of hydrogen-bond acceptors (Lipinski definition) is 6. The van der Waals surface area contributed by atoms with Crippen LogP contribution in [-0.4, -0.2) is 45.9 Å². The maximum absolute atomic E-state index is 12.8. The van der Waals surface area contributed by atoms with E-state index in [2.05, 4.69) is 20.9 Å². The fourth-order valence-corrected chi connectivity index (χ4v) is 4.73. The largest absolute Gasteiger partial charge is 0.347 e. The molecular formula is C21H25N5O3S. The molecule has 3 atom stereocenters. The molecule has 0 aromatic carbocycles. The minimum absolute atomic E-state index is 0.0961. The van der Waals surface area contributed by atoms with Gasteiger partial charge in [-0.25, -0.2) is 4.98 Å². The third kappa shape index (κ3) is 3.89. The summed E-state index contributed by atoms with van der Waals surface area (Å²) in [6.07, 6.45) is 2.78. The van der Waals surface area contributed by atoms with Gasteiger partial charge in [-0.2, -0.15) is 0 Å². The summed E-state index contributed by atoms with van der Waals surface area (Å²) in [5.74, 6) is 0.0417. The number of carbonyl (C=O) groups excluding carboxylic acids is 3. The van der Waals surface area contributed by atoms with Gasteiger partial charge >= 0.3 is 0 Å². The van der Waals surface area contributed by atoms with Crippen LogP contribution in [0.25, 0.3) is 0 Å². The number of carbonyl (C=O) groups is 3. The van der Waals surface area contributed by atoms with E-state index in [1.165, 1.54) is 0 Å². The zero-order chi connectivity index (χ0) is 21.3. The molecule has 0 aliphatic carbocycles. The van der Waals surface area contributed by atoms with E-state index in [1.54, 1.807) is 41.5 Å². The lowest BCUT2D eigenvalue weighted by atomic mass is 9.97. The van der Waals surface area contributed by atoms with Crippen LogP contribution in [0.1, 0.15) is 54.4 Å². The van der Waals surface area contributed by atoms with Gasteiger partial charge in [0.25, 0.3) is 5.91 Å². The summed E-state index contributed by atoms with van der Waals surface area (Å²) in [7, 11) is 0. The molecule has 4 rings (SSSR count). The van der Waals surface area contributed by atoms with Crippen molar-refractivity contribution in [2.45, 2.75) is 50.9 Å². The molecule has 3 amide bonds. The summed E-state index contributed by atoms with van der Waals surface area (Å²) in [4.78, 5) is 45.1. The van der Waals surface area contributed by atoms with Crippen LogP contribution >= 0.6 is 11.3 Å². The number of fused-ring (bicyclic) bond motifs is 1. The molecule has 30 heavy (non-hydrogen) atoms. The quantitative estimate of drug-likeness (QED) is 0.695. The number of pyridine rings is 1. The summed E-state index contributed by atoms with van der Waals surface area (Å²) in [5.41, 5.74) is -0.255. The van der Waals surface area contributed by atoms with E-state index < -0.39 is 11.7 Å². The summed E-state index contributed by atoms with van der Waals surface area (Å²) in [5, 5.41) is 11.3. The predicted octanol–water partition coefficient (Wildman–Crippen LogP) is 2.27. The van der Waals surface area contributed by atoms with Gasteiger partial charge in [0.1, 0.15) is 17.5 Å². The number of nitrogens with zero attached hydrogens (tertiary/aromatic N) is 2. The number of hydrogen-bond donors (Lipinski definition) is 3. The zero-order valence-corrected chi connectivity index (χ0v) is 17.8. The van der Waals surface area contributed by atoms with Gasteiger partial charge in [-0.15, -0.1) is 11.3 Å². The summed E-state index contributed by atoms with van der Waals surface area (Å²) < 4.78 is 0. The van der Waals surface area contributed by atoms with E-state index in [0.29, 0.717) is 30.8 Å². The molecule has 4 heterocycles. The lowest BCUT2D eigenvalue weighted by Gasteiger charge is -2.39. The summed E-state index contributed by atoms with van der Waals surface area (Å²) >= 11 is 1.58. The SMILES string of the molecule is CC(NC(=O)C(C)N1CCC2(CCC1=O)NC(=O)c1cccnc1N2)c1cccs1. The van der Waals surface area contributed by atoms with Crippen molar-refractivity contribution in [1.82, 2.24) is 20.5 Å². The highest BCUT2D eigenvalue weighted by Crippen LogP contribution is 2.31. The lowest BCUT2D eigenvalue weighted by Crippen LogP contribution is -2.58. The van der Waals surface area contributed by atoms with Crippen molar-refractivity contribution < 1.29 is 14.4 Å². The Balaban J connectivity index is 1.45. The van der Waals surface area contributed by atoms with E-state index >= 15 is 0 Å². The van der Waals surface area contributed by atoms with Crippen LogP contribution in [0, 0.1) is 0 Å². The highest BCUT2D eigenvalue weighted by Gasteiger charge is 2.42. The van der Waals surface area contributed by atoms with Gasteiger partial charge in [0.05, 0.1) is 11.6 Å². The Labute approximate surface area is 179 Å². The van der Waals surface area contributed by atoms with Crippen LogP contribution in [0.3, 0.4) is 0 Å². The number of likely N-dealkylation sites (tertiary alicyclic amines) is 1. The van der Waals surface area contributed by atoms with Crippen molar-refractivity contribution in [1.29, 1.82) is 0 Å². The maximum Gasteiger partial charge on any atom is 0.256 e. The molecule has 1 saturated heterocycles. The number of aromatic nitrogens is 1. The second-order valence-corrected chi connectivity index (χ2v) is 8.80. The van der Waals surface area contributed by atoms with Crippen molar-refractivity contribution in [2.24, 2.45) is 0 Å². The average molecular weight is 428 g/mol. The van der Waals surface area contributed by atoms with Crippen molar-refractivity contribution in [3.63, 3.8) is 0 Å². The van der Waals surface area contributed by atoms with Crippen LogP contribution in [0.4, 0.5) is 5.82 Å². The smallest absolute Gasteiger partial charge is 0.256 e. The van der Waals surface area contributed by atoms with E-state index in [0.717, 1.165) is 4.88 Å². The highest BCUT2D eigenvalue weighted by molar-refractivity contribution is 7.10. The van der Waals surface area contributed by atoms with Crippen LogP contribution in [0.5, 0.6) is 0 Å². The molecule has 3 unspecified atom stereocenters. The maximum atomic E-state index is 12.8. The molecule has 2 aliphatic rings. The normalized spacial score (nSPS) is 23.1. The Bertz CT molecular complexity index is 963. The molecular weight excluding hydrogens is 402 g/mol. The molecule has 0 bridgehead atoms. The summed E-state index contributed by atoms with van der Waals surface area (Å²) in [6.45, 7) is 4.04. The Morgan fingerprint density at radius 3 is 2.83 bits per heavy atom. The van der Waals surface area contributed by atoms with Gasteiger partial charge in [-0.3, -0.25) is 14.4 Å². The van der Waals surface area contributed by atoms with Gasteiger partial charge in [0, 0.05) is 30.5 Å². The highest BCUT2D eigenvalue weighted by atomic mass is 32.1. The minimum Gasteiger partial charge on any atom is -0.347 e. The molecule has 9 heteroatoms. The topological polar surface area (TPSA) is 103 Å². The first-order valence-electron chi connectivity index (χ1n) is 10.1. The average Bonchev–Trinajstić information content (AvgIpc) is 3.22. The van der Waals surface area contributed by atoms with E-state index in [1.807, 2.05) is 24.4 Å². The number of nitrogens with one attached hydrogen (secondary N) is 3. The summed E-state index contributed by atoms with van der Waals surface area (Å²) in [6, 6.07) is 6.64. The first-order chi connectivity index (χ1) is 14.4. The van der Waals surface area contributed by atoms with Gasteiger partial charge in [0.15, 0.2) is 0 Å². The molecule has 3 N–H and O–H groups in total. The zero-order valence-electron chi connectivity index (χ0n) is 17.0. The molecule has 8 nitrogen and oxygen atoms in total. The van der Waals surface area contributed by atoms with Gasteiger partial charge in [0.2, 0.25) is 11.8 Å². The van der Waals surface area contributed by atoms with Crippen LogP contribution in [0.2, 0.25) is 0 Å². The third-order valence-corrected chi connectivity index (χ3v) is 6.86. The van der Waals surface area contributed by atoms with Crippen molar-refractivity contribution in [3.05, 3.63) is 46.3 Å². The first-order valence-corrected chi connectivity index (χ1v) is 11.0. The Morgan fingerprint density at radius 2 is 2.07 bits per heavy atom.